The largest absolute Gasteiger partial charge is 0.488 e. The average molecular weight is 569 g/mol. The minimum Gasteiger partial charge on any atom is -0.488 e. The molecular formula is C22H21Br2ClN4O2. The predicted molar refractivity (Wildman–Crippen MR) is 133 cm³/mol. The fourth-order valence-corrected chi connectivity index (χ4v) is 3.61. The molecule has 0 aliphatic heterocycles. The summed E-state index contributed by atoms with van der Waals surface area (Å²) in [5.41, 5.74) is 14.3. The Morgan fingerprint density at radius 1 is 0.677 bits per heavy atom. The van der Waals surface area contributed by atoms with Crippen molar-refractivity contribution in [3.63, 3.8) is 0 Å². The van der Waals surface area contributed by atoms with Gasteiger partial charge in [0.25, 0.3) is 0 Å². The number of ether oxygens (including phenoxy) is 2. The van der Waals surface area contributed by atoms with Crippen molar-refractivity contribution < 1.29 is 9.47 Å². The van der Waals surface area contributed by atoms with Gasteiger partial charge < -0.3 is 20.9 Å². The van der Waals surface area contributed by atoms with Crippen molar-refractivity contribution >= 4 is 55.9 Å². The van der Waals surface area contributed by atoms with Gasteiger partial charge in [-0.25, -0.2) is 0 Å². The maximum Gasteiger partial charge on any atom is 0.134 e. The smallest absolute Gasteiger partial charge is 0.134 e. The Bertz CT molecular complexity index is 1000. The number of nitrogen functional groups attached to an aromatic ring is 2. The maximum absolute atomic E-state index is 7.48. The molecule has 0 radical (unpaired) electrons. The predicted octanol–water partition coefficient (Wildman–Crippen LogP) is 5.36. The van der Waals surface area contributed by atoms with E-state index in [1.165, 1.54) is 0 Å². The lowest BCUT2D eigenvalue weighted by atomic mass is 10.1. The van der Waals surface area contributed by atoms with E-state index in [2.05, 4.69) is 31.9 Å². The highest BCUT2D eigenvalue weighted by Gasteiger charge is 2.07. The fraction of sp³-hybridized carbons (Fsp3) is 0.0909. The summed E-state index contributed by atoms with van der Waals surface area (Å²) in [6, 6.07) is 18.6. The summed E-state index contributed by atoms with van der Waals surface area (Å²) in [4.78, 5) is 0. The summed E-state index contributed by atoms with van der Waals surface area (Å²) in [6.07, 6.45) is 0. The Labute approximate surface area is 203 Å². The minimum absolute atomic E-state index is 0. The number of amidine groups is 2. The van der Waals surface area contributed by atoms with Crippen molar-refractivity contribution in [2.45, 2.75) is 13.2 Å². The second kappa shape index (κ2) is 11.2. The van der Waals surface area contributed by atoms with Crippen LogP contribution in [-0.4, -0.2) is 11.7 Å². The van der Waals surface area contributed by atoms with Crippen LogP contribution in [-0.2, 0) is 13.2 Å². The van der Waals surface area contributed by atoms with E-state index in [0.717, 1.165) is 20.1 Å². The molecule has 162 valence electrons. The van der Waals surface area contributed by atoms with Crippen LogP contribution in [0.5, 0.6) is 11.5 Å². The van der Waals surface area contributed by atoms with E-state index in [1.807, 2.05) is 24.3 Å². The first-order chi connectivity index (χ1) is 14.3. The molecule has 0 bridgehead atoms. The van der Waals surface area contributed by atoms with Gasteiger partial charge in [0, 0.05) is 11.1 Å². The van der Waals surface area contributed by atoms with E-state index in [-0.39, 0.29) is 24.1 Å². The van der Waals surface area contributed by atoms with Crippen molar-refractivity contribution in [3.8, 4) is 11.5 Å². The van der Waals surface area contributed by atoms with Gasteiger partial charge in [-0.2, -0.15) is 0 Å². The molecule has 6 N–H and O–H groups in total. The van der Waals surface area contributed by atoms with E-state index in [1.54, 1.807) is 36.4 Å². The molecule has 0 saturated carbocycles. The Kier molecular flexibility index (Phi) is 8.91. The lowest BCUT2D eigenvalue weighted by Gasteiger charge is -2.11. The van der Waals surface area contributed by atoms with Crippen LogP contribution in [0.3, 0.4) is 0 Å². The van der Waals surface area contributed by atoms with Crippen LogP contribution in [0.15, 0.2) is 69.6 Å². The van der Waals surface area contributed by atoms with Gasteiger partial charge in [-0.3, -0.25) is 10.8 Å². The van der Waals surface area contributed by atoms with Gasteiger partial charge in [0.1, 0.15) is 36.4 Å². The molecule has 0 aliphatic carbocycles. The number of nitrogens with one attached hydrogen (secondary N) is 2. The van der Waals surface area contributed by atoms with Crippen LogP contribution in [0.2, 0.25) is 0 Å². The van der Waals surface area contributed by atoms with Crippen LogP contribution < -0.4 is 20.9 Å². The molecule has 0 saturated heterocycles. The van der Waals surface area contributed by atoms with Crippen molar-refractivity contribution in [1.29, 1.82) is 10.8 Å². The van der Waals surface area contributed by atoms with Gasteiger partial charge in [0.15, 0.2) is 0 Å². The number of rotatable bonds is 8. The molecule has 3 aromatic rings. The summed E-state index contributed by atoms with van der Waals surface area (Å²) in [5, 5.41) is 15.0. The van der Waals surface area contributed by atoms with Crippen LogP contribution in [0.25, 0.3) is 0 Å². The molecular weight excluding hydrogens is 548 g/mol. The van der Waals surface area contributed by atoms with E-state index < -0.39 is 0 Å². The molecule has 9 heteroatoms. The van der Waals surface area contributed by atoms with Gasteiger partial charge in [-0.05, 0) is 79.4 Å². The lowest BCUT2D eigenvalue weighted by Crippen LogP contribution is -2.11. The highest BCUT2D eigenvalue weighted by Crippen LogP contribution is 2.28. The first kappa shape index (κ1) is 24.7. The molecule has 3 rings (SSSR count). The van der Waals surface area contributed by atoms with Crippen molar-refractivity contribution in [3.05, 3.63) is 91.9 Å². The Morgan fingerprint density at radius 3 is 1.32 bits per heavy atom. The third-order valence-corrected chi connectivity index (χ3v) is 5.54. The maximum atomic E-state index is 7.48. The molecule has 3 aromatic carbocycles. The number of halogens is 3. The molecule has 6 nitrogen and oxygen atoms in total. The van der Waals surface area contributed by atoms with E-state index in [0.29, 0.717) is 35.8 Å². The van der Waals surface area contributed by atoms with Crippen LogP contribution >= 0.6 is 44.3 Å². The van der Waals surface area contributed by atoms with Crippen molar-refractivity contribution in [1.82, 2.24) is 0 Å². The normalized spacial score (nSPS) is 10.1. The Morgan fingerprint density at radius 2 is 1.03 bits per heavy atom. The summed E-state index contributed by atoms with van der Waals surface area (Å²) in [6.45, 7) is 0.828. The van der Waals surface area contributed by atoms with E-state index >= 15 is 0 Å². The molecule has 0 atom stereocenters. The summed E-state index contributed by atoms with van der Waals surface area (Å²) in [7, 11) is 0. The van der Waals surface area contributed by atoms with Crippen LogP contribution in [0.1, 0.15) is 22.3 Å². The number of benzene rings is 3. The monoisotopic (exact) mass is 566 g/mol. The third-order valence-electron chi connectivity index (χ3n) is 4.30. The van der Waals surface area contributed by atoms with Gasteiger partial charge in [-0.15, -0.1) is 12.4 Å². The van der Waals surface area contributed by atoms with Gasteiger partial charge in [0.2, 0.25) is 0 Å². The van der Waals surface area contributed by atoms with Crippen LogP contribution in [0, 0.1) is 10.8 Å². The quantitative estimate of drug-likeness (QED) is 0.216. The number of nitrogens with two attached hydrogens (primary N) is 2. The van der Waals surface area contributed by atoms with Crippen molar-refractivity contribution in [2.75, 3.05) is 0 Å². The van der Waals surface area contributed by atoms with Gasteiger partial charge in [0.05, 0.1) is 8.95 Å². The average Bonchev–Trinajstić information content (AvgIpc) is 2.72. The topological polar surface area (TPSA) is 118 Å². The molecule has 31 heavy (non-hydrogen) atoms. The molecule has 0 aromatic heterocycles. The fourth-order valence-electron chi connectivity index (χ4n) is 2.62. The lowest BCUT2D eigenvalue weighted by molar-refractivity contribution is 0.300. The summed E-state index contributed by atoms with van der Waals surface area (Å²) >= 11 is 6.89. The zero-order chi connectivity index (χ0) is 21.7. The summed E-state index contributed by atoms with van der Waals surface area (Å²) in [5.74, 6) is 1.40. The van der Waals surface area contributed by atoms with Crippen LogP contribution in [0.4, 0.5) is 0 Å². The molecule has 0 unspecified atom stereocenters. The second-order valence-corrected chi connectivity index (χ2v) is 8.22. The third kappa shape index (κ3) is 6.72. The first-order valence-electron chi connectivity index (χ1n) is 8.95. The van der Waals surface area contributed by atoms with E-state index in [9.17, 15) is 0 Å². The second-order valence-electron chi connectivity index (χ2n) is 6.51. The SMILES string of the molecule is Cl.N=C(N)c1ccc(OCc2ccc(COc3ccc(C(=N)N)cc3Br)cc2)c(Br)c1. The first-order valence-corrected chi connectivity index (χ1v) is 10.5. The highest BCUT2D eigenvalue weighted by molar-refractivity contribution is 9.10. The molecule has 0 spiro atoms. The van der Waals surface area contributed by atoms with Crippen molar-refractivity contribution in [2.24, 2.45) is 11.5 Å². The number of hydrogen-bond acceptors (Lipinski definition) is 4. The molecule has 0 heterocycles. The molecule has 0 fully saturated rings. The summed E-state index contributed by atoms with van der Waals surface area (Å²) < 4.78 is 13.2. The molecule has 0 amide bonds. The standard InChI is InChI=1S/C22H20Br2N4O2.ClH/c23-17-9-15(21(25)26)5-7-19(17)29-11-13-1-2-14(4-3-13)12-30-20-8-6-16(22(27)28)10-18(20)24;/h1-10H,11-12H2,(H3,25,26)(H3,27,28);1H. The number of hydrogen-bond donors (Lipinski definition) is 4. The van der Waals surface area contributed by atoms with Gasteiger partial charge in [-0.1, -0.05) is 24.3 Å². The highest BCUT2D eigenvalue weighted by atomic mass is 79.9. The minimum atomic E-state index is 0. The zero-order valence-corrected chi connectivity index (χ0v) is 20.3. The van der Waals surface area contributed by atoms with E-state index in [4.69, 9.17) is 31.8 Å². The molecule has 0 aliphatic rings. The zero-order valence-electron chi connectivity index (χ0n) is 16.3. The van der Waals surface area contributed by atoms with Gasteiger partial charge >= 0.3 is 0 Å². The Balaban J connectivity index is 0.00000341. The Hall–Kier alpha value is -2.55.